The summed E-state index contributed by atoms with van der Waals surface area (Å²) < 4.78 is 14.2. The number of rotatable bonds is 17. The highest BCUT2D eigenvalue weighted by Gasteiger charge is 2.30. The van der Waals surface area contributed by atoms with Crippen molar-refractivity contribution in [3.8, 4) is 0 Å². The number of hydrogen-bond acceptors (Lipinski definition) is 6. The molecular formula is C24H36O6. The zero-order valence-corrected chi connectivity index (χ0v) is 18.6. The largest absolute Gasteiger partial charge is 0.493 e. The fourth-order valence-electron chi connectivity index (χ4n) is 2.79. The van der Waals surface area contributed by atoms with E-state index in [1.807, 2.05) is 6.08 Å². The first-order chi connectivity index (χ1) is 14.5. The van der Waals surface area contributed by atoms with Crippen molar-refractivity contribution in [2.24, 2.45) is 5.92 Å². The van der Waals surface area contributed by atoms with Crippen molar-refractivity contribution in [2.45, 2.75) is 57.8 Å². The van der Waals surface area contributed by atoms with Gasteiger partial charge in [0, 0.05) is 0 Å². The first-order valence-electron chi connectivity index (χ1n) is 10.4. The molecule has 0 aliphatic carbocycles. The molecular weight excluding hydrogens is 384 g/mol. The van der Waals surface area contributed by atoms with E-state index in [2.05, 4.69) is 35.6 Å². The Labute approximate surface area is 180 Å². The Bertz CT molecular complexity index is 615. The van der Waals surface area contributed by atoms with Crippen LogP contribution in [0, 0.1) is 5.92 Å². The van der Waals surface area contributed by atoms with E-state index in [9.17, 15) is 14.4 Å². The molecule has 0 aromatic carbocycles. The SMILES string of the molecule is C=CCC=CCC=CCCCCCCCC(C(=O)OC)C(=O)C(=CC(=O)OC)OC. The molecule has 0 spiro atoms. The molecule has 0 saturated carbocycles. The Balaban J connectivity index is 4.28. The second-order valence-electron chi connectivity index (χ2n) is 6.72. The minimum atomic E-state index is -0.983. The zero-order valence-electron chi connectivity index (χ0n) is 18.6. The number of methoxy groups -OCH3 is 3. The number of Topliss-reactive ketones (excluding diaryl/α,β-unsaturated/α-hetero) is 1. The minimum Gasteiger partial charge on any atom is -0.493 e. The predicted molar refractivity (Wildman–Crippen MR) is 118 cm³/mol. The van der Waals surface area contributed by atoms with E-state index in [1.54, 1.807) is 0 Å². The highest BCUT2D eigenvalue weighted by atomic mass is 16.5. The quantitative estimate of drug-likeness (QED) is 0.0835. The number of allylic oxidation sites excluding steroid dienone is 6. The summed E-state index contributed by atoms with van der Waals surface area (Å²) in [5.74, 6) is -3.10. The molecule has 0 radical (unpaired) electrons. The number of esters is 2. The first-order valence-corrected chi connectivity index (χ1v) is 10.4. The van der Waals surface area contributed by atoms with Crippen LogP contribution in [0.2, 0.25) is 0 Å². The smallest absolute Gasteiger partial charge is 0.334 e. The molecule has 0 amide bonds. The number of carbonyl (C=O) groups is 3. The number of carbonyl (C=O) groups excluding carboxylic acids is 3. The highest BCUT2D eigenvalue weighted by molar-refractivity contribution is 6.09. The van der Waals surface area contributed by atoms with Gasteiger partial charge in [-0.2, -0.15) is 0 Å². The third kappa shape index (κ3) is 12.8. The van der Waals surface area contributed by atoms with Crippen LogP contribution in [0.25, 0.3) is 0 Å². The molecule has 0 N–H and O–H groups in total. The summed E-state index contributed by atoms with van der Waals surface area (Å²) in [6.45, 7) is 3.67. The molecule has 6 nitrogen and oxygen atoms in total. The minimum absolute atomic E-state index is 0.205. The predicted octanol–water partition coefficient (Wildman–Crippen LogP) is 4.86. The third-order valence-corrected chi connectivity index (χ3v) is 4.49. The maximum absolute atomic E-state index is 12.6. The summed E-state index contributed by atoms with van der Waals surface area (Å²) in [6.07, 6.45) is 19.5. The molecule has 0 rings (SSSR count). The van der Waals surface area contributed by atoms with Gasteiger partial charge in [0.25, 0.3) is 0 Å². The lowest BCUT2D eigenvalue weighted by Gasteiger charge is -2.14. The third-order valence-electron chi connectivity index (χ3n) is 4.49. The molecule has 1 atom stereocenters. The fourth-order valence-corrected chi connectivity index (χ4v) is 2.79. The maximum atomic E-state index is 12.6. The molecule has 1 unspecified atom stereocenters. The van der Waals surface area contributed by atoms with Crippen LogP contribution >= 0.6 is 0 Å². The van der Waals surface area contributed by atoms with Crippen molar-refractivity contribution in [1.29, 1.82) is 0 Å². The fraction of sp³-hybridized carbons (Fsp3) is 0.542. The first kappa shape index (κ1) is 27.4. The number of ketones is 1. The van der Waals surface area contributed by atoms with Crippen LogP contribution in [0.1, 0.15) is 57.8 Å². The molecule has 0 saturated heterocycles. The average molecular weight is 421 g/mol. The van der Waals surface area contributed by atoms with Crippen LogP contribution < -0.4 is 0 Å². The van der Waals surface area contributed by atoms with E-state index in [-0.39, 0.29) is 5.76 Å². The summed E-state index contributed by atoms with van der Waals surface area (Å²) in [4.78, 5) is 36.0. The van der Waals surface area contributed by atoms with Gasteiger partial charge < -0.3 is 14.2 Å². The number of hydrogen-bond donors (Lipinski definition) is 0. The Morgan fingerprint density at radius 3 is 2.07 bits per heavy atom. The normalized spacial score (nSPS) is 12.7. The van der Waals surface area contributed by atoms with Crippen molar-refractivity contribution in [3.05, 3.63) is 48.8 Å². The summed E-state index contributed by atoms with van der Waals surface area (Å²) in [6, 6.07) is 0. The van der Waals surface area contributed by atoms with Gasteiger partial charge in [-0.25, -0.2) is 4.79 Å². The van der Waals surface area contributed by atoms with Crippen LogP contribution in [0.5, 0.6) is 0 Å². The molecule has 0 aromatic heterocycles. The Kier molecular flexibility index (Phi) is 16.8. The highest BCUT2D eigenvalue weighted by Crippen LogP contribution is 2.19. The molecule has 0 fully saturated rings. The number of unbranched alkanes of at least 4 members (excludes halogenated alkanes) is 5. The van der Waals surface area contributed by atoms with Gasteiger partial charge in [-0.05, 0) is 32.1 Å². The van der Waals surface area contributed by atoms with E-state index in [1.165, 1.54) is 21.3 Å². The van der Waals surface area contributed by atoms with Crippen LogP contribution in [-0.4, -0.2) is 39.1 Å². The van der Waals surface area contributed by atoms with E-state index in [0.29, 0.717) is 12.8 Å². The van der Waals surface area contributed by atoms with E-state index >= 15 is 0 Å². The molecule has 0 aliphatic rings. The van der Waals surface area contributed by atoms with Crippen molar-refractivity contribution in [1.82, 2.24) is 0 Å². The Hall–Kier alpha value is -2.63. The Morgan fingerprint density at radius 2 is 1.43 bits per heavy atom. The Morgan fingerprint density at radius 1 is 0.800 bits per heavy atom. The lowest BCUT2D eigenvalue weighted by Crippen LogP contribution is -2.27. The summed E-state index contributed by atoms with van der Waals surface area (Å²) in [5.41, 5.74) is 0. The van der Waals surface area contributed by atoms with Crippen LogP contribution in [0.3, 0.4) is 0 Å². The zero-order chi connectivity index (χ0) is 22.6. The van der Waals surface area contributed by atoms with Gasteiger partial charge in [0.1, 0.15) is 5.92 Å². The van der Waals surface area contributed by atoms with Gasteiger partial charge in [-0.3, -0.25) is 9.59 Å². The molecule has 0 bridgehead atoms. The molecule has 30 heavy (non-hydrogen) atoms. The topological polar surface area (TPSA) is 78.9 Å². The average Bonchev–Trinajstić information content (AvgIpc) is 2.76. The molecule has 0 aromatic rings. The van der Waals surface area contributed by atoms with Gasteiger partial charge in [0.15, 0.2) is 5.76 Å². The summed E-state index contributed by atoms with van der Waals surface area (Å²) in [5, 5.41) is 0. The molecule has 168 valence electrons. The van der Waals surface area contributed by atoms with Crippen molar-refractivity contribution >= 4 is 17.7 Å². The van der Waals surface area contributed by atoms with E-state index in [0.717, 1.165) is 51.0 Å². The van der Waals surface area contributed by atoms with E-state index in [4.69, 9.17) is 9.47 Å². The lowest BCUT2D eigenvalue weighted by atomic mass is 9.94. The van der Waals surface area contributed by atoms with Crippen molar-refractivity contribution in [3.63, 3.8) is 0 Å². The van der Waals surface area contributed by atoms with Gasteiger partial charge in [0.05, 0.1) is 27.4 Å². The van der Waals surface area contributed by atoms with E-state index < -0.39 is 23.6 Å². The maximum Gasteiger partial charge on any atom is 0.334 e. The lowest BCUT2D eigenvalue weighted by molar-refractivity contribution is -0.150. The number of ether oxygens (including phenoxy) is 3. The van der Waals surface area contributed by atoms with Gasteiger partial charge in [-0.1, -0.05) is 56.1 Å². The van der Waals surface area contributed by atoms with Gasteiger partial charge in [-0.15, -0.1) is 6.58 Å². The monoisotopic (exact) mass is 420 g/mol. The van der Waals surface area contributed by atoms with Crippen LogP contribution in [-0.2, 0) is 28.6 Å². The summed E-state index contributed by atoms with van der Waals surface area (Å²) in [7, 11) is 3.71. The second-order valence-corrected chi connectivity index (χ2v) is 6.72. The van der Waals surface area contributed by atoms with Crippen molar-refractivity contribution in [2.75, 3.05) is 21.3 Å². The second kappa shape index (κ2) is 18.4. The molecule has 6 heteroatoms. The van der Waals surface area contributed by atoms with Crippen molar-refractivity contribution < 1.29 is 28.6 Å². The van der Waals surface area contributed by atoms with Crippen LogP contribution in [0.15, 0.2) is 48.8 Å². The molecule has 0 aliphatic heterocycles. The molecule has 0 heterocycles. The summed E-state index contributed by atoms with van der Waals surface area (Å²) >= 11 is 0. The standard InChI is InChI=1S/C24H36O6/c1-5-6-7-8-9-10-11-12-13-14-15-16-17-18-20(24(27)30-4)23(26)21(28-2)19-22(25)29-3/h5,7-8,10-11,19-20H,1,6,9,12-18H2,2-4H3. The van der Waals surface area contributed by atoms with Gasteiger partial charge >= 0.3 is 11.9 Å². The van der Waals surface area contributed by atoms with Crippen LogP contribution in [0.4, 0.5) is 0 Å². The van der Waals surface area contributed by atoms with Gasteiger partial charge in [0.2, 0.25) is 5.78 Å².